The van der Waals surface area contributed by atoms with Crippen LogP contribution in [0.1, 0.15) is 40.2 Å². The minimum atomic E-state index is -0.486. The van der Waals surface area contributed by atoms with Crippen LogP contribution in [0.15, 0.2) is 36.4 Å². The molecule has 0 unspecified atom stereocenters. The Bertz CT molecular complexity index is 1280. The molecule has 0 spiro atoms. The minimum absolute atomic E-state index is 0.0266. The molecule has 2 aromatic carbocycles. The Balaban J connectivity index is 1.49. The van der Waals surface area contributed by atoms with Gasteiger partial charge in [-0.1, -0.05) is 41.1 Å². The maximum atomic E-state index is 12.9. The molecule has 11 heteroatoms. The van der Waals surface area contributed by atoms with Gasteiger partial charge >= 0.3 is 0 Å². The molecule has 1 fully saturated rings. The third-order valence-electron chi connectivity index (χ3n) is 5.39. The maximum Gasteiger partial charge on any atom is 0.261 e. The number of amides is 3. The van der Waals surface area contributed by atoms with Gasteiger partial charge in [-0.3, -0.25) is 19.7 Å². The van der Waals surface area contributed by atoms with Gasteiger partial charge in [-0.25, -0.2) is 0 Å². The van der Waals surface area contributed by atoms with Gasteiger partial charge in [0.25, 0.3) is 5.91 Å². The number of methoxy groups -OCH3 is 1. The fourth-order valence-electron chi connectivity index (χ4n) is 3.77. The smallest absolute Gasteiger partial charge is 0.261 e. The van der Waals surface area contributed by atoms with Crippen LogP contribution in [0.3, 0.4) is 0 Å². The van der Waals surface area contributed by atoms with Crippen molar-refractivity contribution in [3.63, 3.8) is 0 Å². The molecule has 0 saturated carbocycles. The molecule has 0 aliphatic carbocycles. The van der Waals surface area contributed by atoms with Gasteiger partial charge in [0.2, 0.25) is 16.9 Å². The van der Waals surface area contributed by atoms with Crippen molar-refractivity contribution < 1.29 is 19.1 Å². The van der Waals surface area contributed by atoms with Gasteiger partial charge in [0.1, 0.15) is 10.8 Å². The first-order valence-electron chi connectivity index (χ1n) is 10.4. The largest absolute Gasteiger partial charge is 0.496 e. The van der Waals surface area contributed by atoms with E-state index >= 15 is 0 Å². The highest BCUT2D eigenvalue weighted by atomic mass is 35.5. The topological polar surface area (TPSA) is 114 Å². The number of para-hydroxylation sites is 1. The zero-order chi connectivity index (χ0) is 24.4. The molecule has 9 nitrogen and oxygen atoms in total. The molecule has 1 aliphatic rings. The summed E-state index contributed by atoms with van der Waals surface area (Å²) in [5, 5.41) is 14.7. The number of rotatable bonds is 6. The lowest BCUT2D eigenvalue weighted by molar-refractivity contribution is -0.117. The molecule has 34 heavy (non-hydrogen) atoms. The standard InChI is InChI=1S/C23H22ClN5O4S/c1-12-6-4-5-7-18(12)29-11-14(8-20(29)31)22-27-28-23(34-22)26-21(32)15-9-16(24)17(25-13(2)30)10-19(15)33-3/h4-7,9-10,14H,8,11H2,1-3H3,(H,25,30)(H,26,28,32)/t14-/m0/s1. The van der Waals surface area contributed by atoms with E-state index in [2.05, 4.69) is 20.8 Å². The monoisotopic (exact) mass is 499 g/mol. The molecule has 4 rings (SSSR count). The molecule has 0 radical (unpaired) electrons. The van der Waals surface area contributed by atoms with Crippen molar-refractivity contribution in [2.24, 2.45) is 0 Å². The van der Waals surface area contributed by atoms with E-state index < -0.39 is 5.91 Å². The third-order valence-corrected chi connectivity index (χ3v) is 6.70. The Labute approximate surface area is 205 Å². The van der Waals surface area contributed by atoms with Crippen LogP contribution in [0.4, 0.5) is 16.5 Å². The number of aromatic nitrogens is 2. The summed E-state index contributed by atoms with van der Waals surface area (Å²) in [7, 11) is 1.41. The summed E-state index contributed by atoms with van der Waals surface area (Å²) in [5.41, 5.74) is 2.43. The van der Waals surface area contributed by atoms with E-state index in [0.717, 1.165) is 11.3 Å². The summed E-state index contributed by atoms with van der Waals surface area (Å²) < 4.78 is 5.30. The van der Waals surface area contributed by atoms with E-state index in [1.807, 2.05) is 31.2 Å². The van der Waals surface area contributed by atoms with Crippen molar-refractivity contribution in [2.45, 2.75) is 26.2 Å². The van der Waals surface area contributed by atoms with Crippen LogP contribution in [0.5, 0.6) is 5.75 Å². The maximum absolute atomic E-state index is 12.9. The van der Waals surface area contributed by atoms with Gasteiger partial charge in [0, 0.05) is 37.6 Å². The van der Waals surface area contributed by atoms with Crippen LogP contribution in [0, 0.1) is 6.92 Å². The van der Waals surface area contributed by atoms with Gasteiger partial charge in [0.15, 0.2) is 0 Å². The Morgan fingerprint density at radius 2 is 1.97 bits per heavy atom. The molecular formula is C23H22ClN5O4S. The van der Waals surface area contributed by atoms with E-state index in [4.69, 9.17) is 16.3 Å². The van der Waals surface area contributed by atoms with E-state index in [1.165, 1.54) is 37.5 Å². The molecule has 1 atom stereocenters. The minimum Gasteiger partial charge on any atom is -0.496 e. The first kappa shape index (κ1) is 23.7. The third kappa shape index (κ3) is 4.87. The summed E-state index contributed by atoms with van der Waals surface area (Å²) in [6.07, 6.45) is 0.324. The average Bonchev–Trinajstić information content (AvgIpc) is 3.41. The van der Waals surface area contributed by atoms with Gasteiger partial charge < -0.3 is 15.0 Å². The number of carbonyl (C=O) groups excluding carboxylic acids is 3. The van der Waals surface area contributed by atoms with E-state index in [1.54, 1.807) is 4.90 Å². The Morgan fingerprint density at radius 3 is 2.68 bits per heavy atom. The number of ether oxygens (including phenoxy) is 1. The van der Waals surface area contributed by atoms with Crippen LogP contribution in [-0.4, -0.2) is 41.6 Å². The highest BCUT2D eigenvalue weighted by molar-refractivity contribution is 7.15. The lowest BCUT2D eigenvalue weighted by atomic mass is 10.1. The van der Waals surface area contributed by atoms with E-state index in [9.17, 15) is 14.4 Å². The zero-order valence-electron chi connectivity index (χ0n) is 18.7. The molecule has 0 bridgehead atoms. The van der Waals surface area contributed by atoms with Crippen LogP contribution < -0.4 is 20.3 Å². The molecule has 2 heterocycles. The predicted octanol–water partition coefficient (Wildman–Crippen LogP) is 4.24. The van der Waals surface area contributed by atoms with Crippen LogP contribution in [-0.2, 0) is 9.59 Å². The number of halogens is 1. The fourth-order valence-corrected chi connectivity index (χ4v) is 4.81. The van der Waals surface area contributed by atoms with Crippen molar-refractivity contribution >= 4 is 57.2 Å². The summed E-state index contributed by atoms with van der Waals surface area (Å²) in [6.45, 7) is 3.83. The summed E-state index contributed by atoms with van der Waals surface area (Å²) in [4.78, 5) is 38.6. The van der Waals surface area contributed by atoms with E-state index in [0.29, 0.717) is 28.8 Å². The van der Waals surface area contributed by atoms with Crippen molar-refractivity contribution in [1.29, 1.82) is 0 Å². The van der Waals surface area contributed by atoms with Gasteiger partial charge in [-0.05, 0) is 24.6 Å². The van der Waals surface area contributed by atoms with Crippen molar-refractivity contribution in [2.75, 3.05) is 29.2 Å². The van der Waals surface area contributed by atoms with Crippen LogP contribution in [0.25, 0.3) is 0 Å². The summed E-state index contributed by atoms with van der Waals surface area (Å²) in [6, 6.07) is 10.6. The second-order valence-electron chi connectivity index (χ2n) is 7.80. The van der Waals surface area contributed by atoms with Crippen LogP contribution in [0.2, 0.25) is 5.02 Å². The molecule has 1 aliphatic heterocycles. The highest BCUT2D eigenvalue weighted by Gasteiger charge is 2.34. The molecule has 3 amide bonds. The first-order valence-corrected chi connectivity index (χ1v) is 11.6. The number of hydrogen-bond acceptors (Lipinski definition) is 7. The average molecular weight is 500 g/mol. The van der Waals surface area contributed by atoms with Crippen LogP contribution >= 0.6 is 22.9 Å². The summed E-state index contributed by atoms with van der Waals surface area (Å²) in [5.74, 6) is -0.630. The van der Waals surface area contributed by atoms with Gasteiger partial charge in [-0.2, -0.15) is 0 Å². The number of aryl methyl sites for hydroxylation is 1. The second-order valence-corrected chi connectivity index (χ2v) is 9.22. The lowest BCUT2D eigenvalue weighted by Gasteiger charge is -2.18. The zero-order valence-corrected chi connectivity index (χ0v) is 20.3. The molecule has 3 aromatic rings. The first-order chi connectivity index (χ1) is 16.3. The molecule has 176 valence electrons. The highest BCUT2D eigenvalue weighted by Crippen LogP contribution is 2.36. The predicted molar refractivity (Wildman–Crippen MR) is 131 cm³/mol. The summed E-state index contributed by atoms with van der Waals surface area (Å²) >= 11 is 7.44. The number of nitrogens with one attached hydrogen (secondary N) is 2. The normalized spacial score (nSPS) is 15.4. The fraction of sp³-hybridized carbons (Fsp3) is 0.261. The lowest BCUT2D eigenvalue weighted by Crippen LogP contribution is -2.25. The van der Waals surface area contributed by atoms with E-state index in [-0.39, 0.29) is 34.1 Å². The molecule has 2 N–H and O–H groups in total. The number of benzene rings is 2. The second kappa shape index (κ2) is 9.78. The Hall–Kier alpha value is -3.50. The molecule has 1 saturated heterocycles. The Kier molecular flexibility index (Phi) is 6.80. The number of carbonyl (C=O) groups is 3. The molecular weight excluding hydrogens is 478 g/mol. The number of anilines is 3. The van der Waals surface area contributed by atoms with Gasteiger partial charge in [0.05, 0.1) is 23.4 Å². The van der Waals surface area contributed by atoms with Gasteiger partial charge in [-0.15, -0.1) is 10.2 Å². The van der Waals surface area contributed by atoms with Crippen molar-refractivity contribution in [1.82, 2.24) is 10.2 Å². The van der Waals surface area contributed by atoms with Crippen molar-refractivity contribution in [3.05, 3.63) is 57.6 Å². The van der Waals surface area contributed by atoms with Crippen molar-refractivity contribution in [3.8, 4) is 5.75 Å². The Morgan fingerprint density at radius 1 is 1.21 bits per heavy atom. The SMILES string of the molecule is COc1cc(NC(C)=O)c(Cl)cc1C(=O)Nc1nnc([C@H]2CC(=O)N(c3ccccc3C)C2)s1. The number of hydrogen-bond donors (Lipinski definition) is 2. The number of nitrogens with zero attached hydrogens (tertiary/aromatic N) is 3. The quantitative estimate of drug-likeness (QED) is 0.524. The molecule has 1 aromatic heterocycles.